The van der Waals surface area contributed by atoms with Gasteiger partial charge in [-0.3, -0.25) is 4.79 Å². The number of carbonyl (C=O) groups is 1. The molecule has 64 valence electrons. The van der Waals surface area contributed by atoms with E-state index >= 15 is 0 Å². The second kappa shape index (κ2) is 2.77. The van der Waals surface area contributed by atoms with Crippen LogP contribution in [0.4, 0.5) is 0 Å². The Morgan fingerprint density at radius 2 is 2.42 bits per heavy atom. The third-order valence-corrected chi connectivity index (χ3v) is 2.62. The van der Waals surface area contributed by atoms with Crippen molar-refractivity contribution in [3.8, 4) is 0 Å². The molecule has 2 aliphatic rings. The molecule has 2 heterocycles. The van der Waals surface area contributed by atoms with Crippen molar-refractivity contribution in [2.45, 2.75) is 25.3 Å². The van der Waals surface area contributed by atoms with Crippen molar-refractivity contribution >= 4 is 5.91 Å². The molecule has 2 heteroatoms. The van der Waals surface area contributed by atoms with E-state index in [1.807, 2.05) is 4.90 Å². The Balaban J connectivity index is 2.24. The van der Waals surface area contributed by atoms with Crippen molar-refractivity contribution in [3.63, 3.8) is 0 Å². The van der Waals surface area contributed by atoms with Gasteiger partial charge in [0.05, 0.1) is 6.04 Å². The number of nitrogens with zero attached hydrogens (tertiary/aromatic N) is 1. The van der Waals surface area contributed by atoms with Gasteiger partial charge in [0.15, 0.2) is 0 Å². The van der Waals surface area contributed by atoms with Crippen LogP contribution in [0.2, 0.25) is 0 Å². The molecular formula is C10H13NO. The van der Waals surface area contributed by atoms with Gasteiger partial charge < -0.3 is 4.90 Å². The van der Waals surface area contributed by atoms with Crippen LogP contribution >= 0.6 is 0 Å². The van der Waals surface area contributed by atoms with Crippen LogP contribution in [0, 0.1) is 0 Å². The lowest BCUT2D eigenvalue weighted by Gasteiger charge is -2.22. The molecule has 2 aliphatic heterocycles. The molecule has 0 saturated carbocycles. The fourth-order valence-corrected chi connectivity index (χ4v) is 1.96. The number of amides is 1. The number of carbonyl (C=O) groups excluding carboxylic acids is 1. The van der Waals surface area contributed by atoms with Crippen LogP contribution in [-0.4, -0.2) is 23.4 Å². The molecule has 1 atom stereocenters. The summed E-state index contributed by atoms with van der Waals surface area (Å²) < 4.78 is 0. The molecule has 1 amide bonds. The summed E-state index contributed by atoms with van der Waals surface area (Å²) in [6.07, 6.45) is 6.80. The zero-order valence-corrected chi connectivity index (χ0v) is 7.12. The number of fused-ring (bicyclic) bond motifs is 1. The first kappa shape index (κ1) is 7.59. The van der Waals surface area contributed by atoms with E-state index in [4.69, 9.17) is 0 Å². The van der Waals surface area contributed by atoms with Crippen molar-refractivity contribution in [1.29, 1.82) is 0 Å². The molecule has 0 spiro atoms. The summed E-state index contributed by atoms with van der Waals surface area (Å²) in [6.45, 7) is 4.84. The standard InChI is InChI=1S/C10H13NO/c1-8-4-2-3-7-11-9(8)5-6-10(11)12/h2,4,9H,1,3,5-7H2/t9-/m0/s1. The largest absolute Gasteiger partial charge is 0.335 e. The Morgan fingerprint density at radius 3 is 3.25 bits per heavy atom. The van der Waals surface area contributed by atoms with Gasteiger partial charge in [0.25, 0.3) is 0 Å². The highest BCUT2D eigenvalue weighted by molar-refractivity contribution is 5.79. The van der Waals surface area contributed by atoms with E-state index in [9.17, 15) is 4.79 Å². The van der Waals surface area contributed by atoms with E-state index in [0.29, 0.717) is 18.4 Å². The Morgan fingerprint density at radius 1 is 1.58 bits per heavy atom. The molecule has 0 aromatic carbocycles. The molecule has 1 saturated heterocycles. The third-order valence-electron chi connectivity index (χ3n) is 2.62. The minimum atomic E-state index is 0.296. The maximum absolute atomic E-state index is 11.4. The minimum Gasteiger partial charge on any atom is -0.335 e. The van der Waals surface area contributed by atoms with Crippen LogP contribution in [0.25, 0.3) is 0 Å². The molecule has 0 unspecified atom stereocenters. The Labute approximate surface area is 72.6 Å². The summed E-state index contributed by atoms with van der Waals surface area (Å²) in [5.41, 5.74) is 1.10. The third kappa shape index (κ3) is 1.07. The highest BCUT2D eigenvalue weighted by Gasteiger charge is 2.31. The maximum atomic E-state index is 11.4. The van der Waals surface area contributed by atoms with Gasteiger partial charge in [-0.2, -0.15) is 0 Å². The van der Waals surface area contributed by atoms with E-state index < -0.39 is 0 Å². The quantitative estimate of drug-likeness (QED) is 0.530. The van der Waals surface area contributed by atoms with E-state index in [2.05, 4.69) is 18.7 Å². The average Bonchev–Trinajstić information content (AvgIpc) is 2.30. The summed E-state index contributed by atoms with van der Waals surface area (Å²) in [5.74, 6) is 0.296. The molecule has 0 aliphatic carbocycles. The van der Waals surface area contributed by atoms with Gasteiger partial charge in [-0.05, 0) is 18.4 Å². The van der Waals surface area contributed by atoms with Gasteiger partial charge in [0, 0.05) is 13.0 Å². The lowest BCUT2D eigenvalue weighted by Crippen LogP contribution is -2.33. The summed E-state index contributed by atoms with van der Waals surface area (Å²) in [4.78, 5) is 13.3. The van der Waals surface area contributed by atoms with Crippen molar-refractivity contribution in [2.24, 2.45) is 0 Å². The average molecular weight is 163 g/mol. The lowest BCUT2D eigenvalue weighted by molar-refractivity contribution is -0.128. The molecule has 0 bridgehead atoms. The SMILES string of the molecule is C=C1C=CCCN2C(=O)CC[C@@H]12. The number of rotatable bonds is 0. The summed E-state index contributed by atoms with van der Waals surface area (Å²) in [5, 5.41) is 0. The van der Waals surface area contributed by atoms with Crippen LogP contribution in [0.1, 0.15) is 19.3 Å². The molecule has 2 nitrogen and oxygen atoms in total. The highest BCUT2D eigenvalue weighted by Crippen LogP contribution is 2.26. The monoisotopic (exact) mass is 163 g/mol. The fraction of sp³-hybridized carbons (Fsp3) is 0.500. The topological polar surface area (TPSA) is 20.3 Å². The zero-order chi connectivity index (χ0) is 8.55. The second-order valence-electron chi connectivity index (χ2n) is 3.41. The predicted molar refractivity (Wildman–Crippen MR) is 47.6 cm³/mol. The van der Waals surface area contributed by atoms with Gasteiger partial charge in [0.1, 0.15) is 0 Å². The van der Waals surface area contributed by atoms with E-state index in [1.165, 1.54) is 0 Å². The first-order valence-electron chi connectivity index (χ1n) is 4.44. The normalized spacial score (nSPS) is 29.0. The zero-order valence-electron chi connectivity index (χ0n) is 7.12. The smallest absolute Gasteiger partial charge is 0.223 e. The molecule has 12 heavy (non-hydrogen) atoms. The van der Waals surface area contributed by atoms with Crippen molar-refractivity contribution in [1.82, 2.24) is 4.90 Å². The molecule has 1 fully saturated rings. The molecule has 0 aromatic rings. The van der Waals surface area contributed by atoms with Gasteiger partial charge in [-0.1, -0.05) is 18.7 Å². The van der Waals surface area contributed by atoms with Crippen molar-refractivity contribution < 1.29 is 4.79 Å². The molecule has 0 aromatic heterocycles. The van der Waals surface area contributed by atoms with Crippen molar-refractivity contribution in [3.05, 3.63) is 24.3 Å². The Bertz CT molecular complexity index is 255. The van der Waals surface area contributed by atoms with Crippen LogP contribution < -0.4 is 0 Å². The van der Waals surface area contributed by atoms with Crippen LogP contribution in [0.5, 0.6) is 0 Å². The van der Waals surface area contributed by atoms with E-state index in [1.54, 1.807) is 0 Å². The van der Waals surface area contributed by atoms with Crippen molar-refractivity contribution in [2.75, 3.05) is 6.54 Å². The predicted octanol–water partition coefficient (Wildman–Crippen LogP) is 1.49. The van der Waals surface area contributed by atoms with Crippen LogP contribution in [0.3, 0.4) is 0 Å². The Hall–Kier alpha value is -1.05. The maximum Gasteiger partial charge on any atom is 0.223 e. The number of hydrogen-bond donors (Lipinski definition) is 0. The van der Waals surface area contributed by atoms with Gasteiger partial charge >= 0.3 is 0 Å². The van der Waals surface area contributed by atoms with Gasteiger partial charge in [0.2, 0.25) is 5.91 Å². The van der Waals surface area contributed by atoms with Gasteiger partial charge in [-0.15, -0.1) is 0 Å². The Kier molecular flexibility index (Phi) is 1.75. The summed E-state index contributed by atoms with van der Waals surface area (Å²) >= 11 is 0. The lowest BCUT2D eigenvalue weighted by atomic mass is 10.1. The van der Waals surface area contributed by atoms with Crippen LogP contribution in [0.15, 0.2) is 24.3 Å². The molecule has 0 N–H and O–H groups in total. The molecular weight excluding hydrogens is 150 g/mol. The minimum absolute atomic E-state index is 0.296. The second-order valence-corrected chi connectivity index (χ2v) is 3.41. The fourth-order valence-electron chi connectivity index (χ4n) is 1.96. The summed E-state index contributed by atoms with van der Waals surface area (Å²) in [7, 11) is 0. The number of hydrogen-bond acceptors (Lipinski definition) is 1. The summed E-state index contributed by atoms with van der Waals surface area (Å²) in [6, 6.07) is 0.302. The van der Waals surface area contributed by atoms with E-state index in [-0.39, 0.29) is 0 Å². The van der Waals surface area contributed by atoms with Gasteiger partial charge in [-0.25, -0.2) is 0 Å². The van der Waals surface area contributed by atoms with Crippen LogP contribution in [-0.2, 0) is 4.79 Å². The first-order valence-corrected chi connectivity index (χ1v) is 4.44. The molecule has 2 rings (SSSR count). The highest BCUT2D eigenvalue weighted by atomic mass is 16.2. The van der Waals surface area contributed by atoms with E-state index in [0.717, 1.165) is 25.0 Å². The molecule has 0 radical (unpaired) electrons. The first-order chi connectivity index (χ1) is 5.79.